The van der Waals surface area contributed by atoms with E-state index in [4.69, 9.17) is 0 Å². The van der Waals surface area contributed by atoms with Crippen molar-refractivity contribution in [2.45, 2.75) is 63.9 Å². The van der Waals surface area contributed by atoms with E-state index < -0.39 is 0 Å². The summed E-state index contributed by atoms with van der Waals surface area (Å²) in [5.74, 6) is 1.12. The molecule has 18 heavy (non-hydrogen) atoms. The van der Waals surface area contributed by atoms with Gasteiger partial charge in [-0.3, -0.25) is 0 Å². The van der Waals surface area contributed by atoms with Gasteiger partial charge in [-0.1, -0.05) is 69.4 Å². The van der Waals surface area contributed by atoms with Crippen LogP contribution in [0.2, 0.25) is 0 Å². The fourth-order valence-electron chi connectivity index (χ4n) is 3.27. The average molecular weight is 246 g/mol. The largest absolute Gasteiger partial charge is 0.392 e. The van der Waals surface area contributed by atoms with Crippen molar-refractivity contribution in [3.05, 3.63) is 35.9 Å². The Kier molecular flexibility index (Phi) is 5.25. The summed E-state index contributed by atoms with van der Waals surface area (Å²) in [6.07, 6.45) is 8.73. The summed E-state index contributed by atoms with van der Waals surface area (Å²) in [6.45, 7) is 2.25. The first kappa shape index (κ1) is 13.6. The normalized spacial score (nSPS) is 27.6. The van der Waals surface area contributed by atoms with Gasteiger partial charge in [-0.15, -0.1) is 0 Å². The zero-order valence-electron chi connectivity index (χ0n) is 11.5. The maximum atomic E-state index is 10.2. The van der Waals surface area contributed by atoms with Crippen LogP contribution in [0.25, 0.3) is 0 Å². The number of benzene rings is 1. The van der Waals surface area contributed by atoms with Gasteiger partial charge in [-0.25, -0.2) is 0 Å². The standard InChI is InChI=1S/C17H26O/c1-2-3-4-6-9-14-12-16(17(18)13-14)15-10-7-5-8-11-15/h5,7-8,10-11,14,16-18H,2-4,6,9,12-13H2,1H3/t14-,16+,17?/m0/s1. The Morgan fingerprint density at radius 1 is 1.06 bits per heavy atom. The third-order valence-electron chi connectivity index (χ3n) is 4.32. The summed E-state index contributed by atoms with van der Waals surface area (Å²) in [4.78, 5) is 0. The lowest BCUT2D eigenvalue weighted by molar-refractivity contribution is 0.159. The summed E-state index contributed by atoms with van der Waals surface area (Å²) in [6, 6.07) is 10.5. The molecule has 1 N–H and O–H groups in total. The van der Waals surface area contributed by atoms with Crippen LogP contribution in [0.1, 0.15) is 63.4 Å². The highest BCUT2D eigenvalue weighted by Gasteiger charge is 2.33. The van der Waals surface area contributed by atoms with E-state index in [2.05, 4.69) is 31.2 Å². The average Bonchev–Trinajstić information content (AvgIpc) is 2.77. The van der Waals surface area contributed by atoms with Crippen LogP contribution >= 0.6 is 0 Å². The molecule has 1 heteroatoms. The van der Waals surface area contributed by atoms with E-state index in [1.54, 1.807) is 0 Å². The van der Waals surface area contributed by atoms with Crippen LogP contribution in [-0.4, -0.2) is 11.2 Å². The van der Waals surface area contributed by atoms with Crippen molar-refractivity contribution in [3.8, 4) is 0 Å². The molecule has 1 fully saturated rings. The predicted molar refractivity (Wildman–Crippen MR) is 76.7 cm³/mol. The monoisotopic (exact) mass is 246 g/mol. The molecule has 1 aromatic rings. The van der Waals surface area contributed by atoms with Crippen LogP contribution in [0.3, 0.4) is 0 Å². The lowest BCUT2D eigenvalue weighted by atomic mass is 9.93. The van der Waals surface area contributed by atoms with E-state index >= 15 is 0 Å². The van der Waals surface area contributed by atoms with Gasteiger partial charge in [0.15, 0.2) is 0 Å². The zero-order chi connectivity index (χ0) is 12.8. The minimum Gasteiger partial charge on any atom is -0.392 e. The van der Waals surface area contributed by atoms with Crippen molar-refractivity contribution in [2.75, 3.05) is 0 Å². The van der Waals surface area contributed by atoms with Crippen LogP contribution in [0.5, 0.6) is 0 Å². The van der Waals surface area contributed by atoms with Crippen molar-refractivity contribution < 1.29 is 5.11 Å². The van der Waals surface area contributed by atoms with Gasteiger partial charge < -0.3 is 5.11 Å². The van der Waals surface area contributed by atoms with Gasteiger partial charge in [-0.05, 0) is 24.3 Å². The Bertz CT molecular complexity index is 333. The fraction of sp³-hybridized carbons (Fsp3) is 0.647. The predicted octanol–water partition coefficient (Wildman–Crippen LogP) is 4.51. The molecule has 0 radical (unpaired) electrons. The maximum Gasteiger partial charge on any atom is 0.0611 e. The Hall–Kier alpha value is -0.820. The summed E-state index contributed by atoms with van der Waals surface area (Å²) < 4.78 is 0. The molecule has 3 atom stereocenters. The second-order valence-electron chi connectivity index (χ2n) is 5.77. The molecule has 0 bridgehead atoms. The highest BCUT2D eigenvalue weighted by molar-refractivity contribution is 5.22. The smallest absolute Gasteiger partial charge is 0.0611 e. The minimum atomic E-state index is -0.122. The molecule has 1 aromatic carbocycles. The molecule has 0 aromatic heterocycles. The van der Waals surface area contributed by atoms with Crippen molar-refractivity contribution >= 4 is 0 Å². The fourth-order valence-corrected chi connectivity index (χ4v) is 3.27. The summed E-state index contributed by atoms with van der Waals surface area (Å²) >= 11 is 0. The molecule has 1 unspecified atom stereocenters. The first-order valence-electron chi connectivity index (χ1n) is 7.54. The molecule has 1 nitrogen and oxygen atoms in total. The van der Waals surface area contributed by atoms with Gasteiger partial charge in [0, 0.05) is 5.92 Å². The summed E-state index contributed by atoms with van der Waals surface area (Å²) in [7, 11) is 0. The van der Waals surface area contributed by atoms with Gasteiger partial charge in [0.05, 0.1) is 6.10 Å². The van der Waals surface area contributed by atoms with E-state index in [0.717, 1.165) is 12.3 Å². The molecule has 100 valence electrons. The third kappa shape index (κ3) is 3.58. The van der Waals surface area contributed by atoms with Crippen LogP contribution in [0.15, 0.2) is 30.3 Å². The van der Waals surface area contributed by atoms with Gasteiger partial charge in [0.1, 0.15) is 0 Å². The van der Waals surface area contributed by atoms with E-state index in [-0.39, 0.29) is 6.10 Å². The second-order valence-corrected chi connectivity index (χ2v) is 5.77. The zero-order valence-corrected chi connectivity index (χ0v) is 11.5. The van der Waals surface area contributed by atoms with E-state index in [1.807, 2.05) is 6.07 Å². The van der Waals surface area contributed by atoms with Gasteiger partial charge in [0.25, 0.3) is 0 Å². The van der Waals surface area contributed by atoms with Gasteiger partial charge >= 0.3 is 0 Å². The van der Waals surface area contributed by atoms with E-state index in [1.165, 1.54) is 44.1 Å². The van der Waals surface area contributed by atoms with Crippen molar-refractivity contribution in [1.29, 1.82) is 0 Å². The molecular weight excluding hydrogens is 220 g/mol. The molecule has 0 spiro atoms. The number of unbranched alkanes of at least 4 members (excludes halogenated alkanes) is 3. The van der Waals surface area contributed by atoms with Crippen molar-refractivity contribution in [1.82, 2.24) is 0 Å². The molecule has 1 aliphatic rings. The van der Waals surface area contributed by atoms with Crippen LogP contribution in [0.4, 0.5) is 0 Å². The lowest BCUT2D eigenvalue weighted by Gasteiger charge is -2.14. The number of aliphatic hydroxyl groups is 1. The van der Waals surface area contributed by atoms with Gasteiger partial charge in [0.2, 0.25) is 0 Å². The number of hydrogen-bond acceptors (Lipinski definition) is 1. The van der Waals surface area contributed by atoms with Crippen molar-refractivity contribution in [2.24, 2.45) is 5.92 Å². The van der Waals surface area contributed by atoms with E-state index in [0.29, 0.717) is 5.92 Å². The second kappa shape index (κ2) is 6.94. The molecule has 1 saturated carbocycles. The topological polar surface area (TPSA) is 20.2 Å². The molecular formula is C17H26O. The van der Waals surface area contributed by atoms with Crippen molar-refractivity contribution in [3.63, 3.8) is 0 Å². The minimum absolute atomic E-state index is 0.122. The molecule has 0 heterocycles. The Morgan fingerprint density at radius 3 is 2.56 bits per heavy atom. The lowest BCUT2D eigenvalue weighted by Crippen LogP contribution is -2.10. The van der Waals surface area contributed by atoms with E-state index in [9.17, 15) is 5.11 Å². The first-order valence-corrected chi connectivity index (χ1v) is 7.54. The first-order chi connectivity index (χ1) is 8.81. The molecule has 0 saturated heterocycles. The Balaban J connectivity index is 1.82. The number of rotatable bonds is 6. The quantitative estimate of drug-likeness (QED) is 0.732. The molecule has 2 rings (SSSR count). The third-order valence-corrected chi connectivity index (χ3v) is 4.32. The number of aliphatic hydroxyl groups excluding tert-OH is 1. The maximum absolute atomic E-state index is 10.2. The Labute approximate surface area is 111 Å². The van der Waals surface area contributed by atoms with Crippen LogP contribution in [0, 0.1) is 5.92 Å². The number of hydrogen-bond donors (Lipinski definition) is 1. The SMILES string of the molecule is CCCCCC[C@@H]1CC(O)[C@@H](c2ccccc2)C1. The summed E-state index contributed by atoms with van der Waals surface area (Å²) in [5.41, 5.74) is 1.32. The van der Waals surface area contributed by atoms with Gasteiger partial charge in [-0.2, -0.15) is 0 Å². The Morgan fingerprint density at radius 2 is 1.83 bits per heavy atom. The highest BCUT2D eigenvalue weighted by Crippen LogP contribution is 2.40. The molecule has 0 amide bonds. The summed E-state index contributed by atoms with van der Waals surface area (Å²) in [5, 5.41) is 10.2. The van der Waals surface area contributed by atoms with Crippen LogP contribution in [-0.2, 0) is 0 Å². The highest BCUT2D eigenvalue weighted by atomic mass is 16.3. The van der Waals surface area contributed by atoms with Crippen LogP contribution < -0.4 is 0 Å². The molecule has 1 aliphatic carbocycles. The molecule has 0 aliphatic heterocycles.